The van der Waals surface area contributed by atoms with Gasteiger partial charge in [0.2, 0.25) is 0 Å². The molecule has 0 bridgehead atoms. The monoisotopic (exact) mass is 366 g/mol. The van der Waals surface area contributed by atoms with Crippen LogP contribution in [0.1, 0.15) is 28.7 Å². The Labute approximate surface area is 157 Å². The zero-order chi connectivity index (χ0) is 19.2. The number of rotatable bonds is 7. The van der Waals surface area contributed by atoms with Crippen LogP contribution < -0.4 is 10.1 Å². The summed E-state index contributed by atoms with van der Waals surface area (Å²) in [5.41, 5.74) is 3.48. The highest BCUT2D eigenvalue weighted by Gasteiger charge is 2.21. The van der Waals surface area contributed by atoms with Gasteiger partial charge in [-0.1, -0.05) is 24.3 Å². The van der Waals surface area contributed by atoms with Gasteiger partial charge >= 0.3 is 0 Å². The van der Waals surface area contributed by atoms with Crippen molar-refractivity contribution in [3.8, 4) is 11.4 Å². The van der Waals surface area contributed by atoms with Crippen molar-refractivity contribution in [2.75, 3.05) is 19.5 Å². The molecule has 2 aromatic carbocycles. The van der Waals surface area contributed by atoms with Crippen LogP contribution in [-0.4, -0.2) is 35.1 Å². The predicted octanol–water partition coefficient (Wildman–Crippen LogP) is 3.24. The van der Waals surface area contributed by atoms with Gasteiger partial charge in [-0.25, -0.2) is 4.68 Å². The van der Waals surface area contributed by atoms with Gasteiger partial charge in [-0.15, -0.1) is 5.10 Å². The van der Waals surface area contributed by atoms with E-state index >= 15 is 0 Å². The molecule has 0 aliphatic heterocycles. The predicted molar refractivity (Wildman–Crippen MR) is 102 cm³/mol. The molecule has 0 fully saturated rings. The fraction of sp³-hybridized carbons (Fsp3) is 0.250. The maximum absolute atomic E-state index is 12.7. The van der Waals surface area contributed by atoms with E-state index in [2.05, 4.69) is 22.6 Å². The van der Waals surface area contributed by atoms with E-state index in [1.54, 1.807) is 18.9 Å². The molecular weight excluding hydrogens is 344 g/mol. The van der Waals surface area contributed by atoms with Crippen molar-refractivity contribution in [2.45, 2.75) is 20.0 Å². The smallest absolute Gasteiger partial charge is 0.278 e. The number of anilines is 1. The normalized spacial score (nSPS) is 10.6. The SMILES string of the molecule is CCc1ccc(NC(=O)c2nnn(-c3ccc(OC)cc3)c2COC)cc1. The van der Waals surface area contributed by atoms with Gasteiger partial charge in [-0.3, -0.25) is 4.79 Å². The molecule has 0 aliphatic carbocycles. The van der Waals surface area contributed by atoms with E-state index in [-0.39, 0.29) is 18.2 Å². The molecule has 1 aromatic heterocycles. The highest BCUT2D eigenvalue weighted by molar-refractivity contribution is 6.03. The molecule has 3 aromatic rings. The summed E-state index contributed by atoms with van der Waals surface area (Å²) in [6.07, 6.45) is 0.947. The van der Waals surface area contributed by atoms with Crippen LogP contribution in [0.2, 0.25) is 0 Å². The van der Waals surface area contributed by atoms with Crippen molar-refractivity contribution in [3.63, 3.8) is 0 Å². The maximum atomic E-state index is 12.7. The van der Waals surface area contributed by atoms with E-state index in [4.69, 9.17) is 9.47 Å². The highest BCUT2D eigenvalue weighted by atomic mass is 16.5. The molecule has 0 spiro atoms. The van der Waals surface area contributed by atoms with E-state index < -0.39 is 0 Å². The van der Waals surface area contributed by atoms with Gasteiger partial charge in [-0.05, 0) is 48.4 Å². The molecule has 27 heavy (non-hydrogen) atoms. The second kappa shape index (κ2) is 8.46. The second-order valence-electron chi connectivity index (χ2n) is 5.93. The van der Waals surface area contributed by atoms with E-state index in [0.29, 0.717) is 11.4 Å². The molecule has 3 rings (SSSR count). The molecule has 0 radical (unpaired) electrons. The van der Waals surface area contributed by atoms with Gasteiger partial charge in [0.15, 0.2) is 5.69 Å². The quantitative estimate of drug-likeness (QED) is 0.694. The summed E-state index contributed by atoms with van der Waals surface area (Å²) in [7, 11) is 3.17. The van der Waals surface area contributed by atoms with Gasteiger partial charge in [-0.2, -0.15) is 0 Å². The first-order valence-electron chi connectivity index (χ1n) is 8.64. The third kappa shape index (κ3) is 4.15. The Bertz CT molecular complexity index is 902. The third-order valence-electron chi connectivity index (χ3n) is 4.20. The fourth-order valence-corrected chi connectivity index (χ4v) is 2.69. The summed E-state index contributed by atoms with van der Waals surface area (Å²) in [5, 5.41) is 11.1. The molecule has 1 amide bonds. The minimum Gasteiger partial charge on any atom is -0.497 e. The Morgan fingerprint density at radius 1 is 1.07 bits per heavy atom. The van der Waals surface area contributed by atoms with Gasteiger partial charge in [0.05, 0.1) is 19.4 Å². The number of carbonyl (C=O) groups excluding carboxylic acids is 1. The Hall–Kier alpha value is -3.19. The average Bonchev–Trinajstić information content (AvgIpc) is 3.13. The molecule has 0 aliphatic rings. The van der Waals surface area contributed by atoms with E-state index in [9.17, 15) is 4.79 Å². The molecule has 7 nitrogen and oxygen atoms in total. The first kappa shape index (κ1) is 18.6. The summed E-state index contributed by atoms with van der Waals surface area (Å²) in [6.45, 7) is 2.29. The largest absolute Gasteiger partial charge is 0.497 e. The van der Waals surface area contributed by atoms with Crippen LogP contribution in [0, 0.1) is 0 Å². The molecule has 140 valence electrons. The van der Waals surface area contributed by atoms with E-state index in [1.807, 2.05) is 48.5 Å². The summed E-state index contributed by atoms with van der Waals surface area (Å²) in [6, 6.07) is 15.1. The number of hydrogen-bond acceptors (Lipinski definition) is 5. The second-order valence-corrected chi connectivity index (χ2v) is 5.93. The molecule has 0 atom stereocenters. The fourth-order valence-electron chi connectivity index (χ4n) is 2.69. The Balaban J connectivity index is 1.87. The van der Waals surface area contributed by atoms with Crippen LogP contribution in [0.4, 0.5) is 5.69 Å². The number of amides is 1. The van der Waals surface area contributed by atoms with Crippen molar-refractivity contribution in [1.29, 1.82) is 0 Å². The van der Waals surface area contributed by atoms with Gasteiger partial charge in [0, 0.05) is 12.8 Å². The molecule has 7 heteroatoms. The van der Waals surface area contributed by atoms with Gasteiger partial charge < -0.3 is 14.8 Å². The minimum atomic E-state index is -0.328. The number of carbonyl (C=O) groups is 1. The van der Waals surface area contributed by atoms with Crippen molar-refractivity contribution >= 4 is 11.6 Å². The van der Waals surface area contributed by atoms with E-state index in [1.165, 1.54) is 5.56 Å². The van der Waals surface area contributed by atoms with Crippen LogP contribution in [0.15, 0.2) is 48.5 Å². The maximum Gasteiger partial charge on any atom is 0.278 e. The standard InChI is InChI=1S/C20H22N4O3/c1-4-14-5-7-15(8-6-14)21-20(25)19-18(13-26-2)24(23-22-19)16-9-11-17(27-3)12-10-16/h5-12H,4,13H2,1-3H3,(H,21,25). The minimum absolute atomic E-state index is 0.205. The first-order valence-corrected chi connectivity index (χ1v) is 8.64. The molecule has 1 heterocycles. The van der Waals surface area contributed by atoms with Crippen molar-refractivity contribution in [3.05, 3.63) is 65.5 Å². The Morgan fingerprint density at radius 3 is 2.37 bits per heavy atom. The average molecular weight is 366 g/mol. The van der Waals surface area contributed by atoms with Crippen molar-refractivity contribution in [2.24, 2.45) is 0 Å². The molecular formula is C20H22N4O3. The van der Waals surface area contributed by atoms with Crippen LogP contribution in [-0.2, 0) is 17.8 Å². The van der Waals surface area contributed by atoms with Crippen molar-refractivity contribution < 1.29 is 14.3 Å². The number of aryl methyl sites for hydroxylation is 1. The number of hydrogen-bond donors (Lipinski definition) is 1. The highest BCUT2D eigenvalue weighted by Crippen LogP contribution is 2.19. The van der Waals surface area contributed by atoms with Crippen LogP contribution in [0.25, 0.3) is 5.69 Å². The molecule has 1 N–H and O–H groups in total. The van der Waals surface area contributed by atoms with E-state index in [0.717, 1.165) is 17.9 Å². The number of nitrogens with zero attached hydrogens (tertiary/aromatic N) is 3. The van der Waals surface area contributed by atoms with Gasteiger partial charge in [0.25, 0.3) is 5.91 Å². The summed E-state index contributed by atoms with van der Waals surface area (Å²) >= 11 is 0. The number of benzene rings is 2. The molecule has 0 unspecified atom stereocenters. The number of nitrogens with one attached hydrogen (secondary N) is 1. The summed E-state index contributed by atoms with van der Waals surface area (Å²) in [4.78, 5) is 12.7. The number of ether oxygens (including phenoxy) is 2. The third-order valence-corrected chi connectivity index (χ3v) is 4.20. The van der Waals surface area contributed by atoms with Crippen molar-refractivity contribution in [1.82, 2.24) is 15.0 Å². The molecule has 0 saturated carbocycles. The Morgan fingerprint density at radius 2 is 1.78 bits per heavy atom. The summed E-state index contributed by atoms with van der Waals surface area (Å²) < 4.78 is 12.0. The first-order chi connectivity index (χ1) is 13.2. The van der Waals surface area contributed by atoms with Crippen LogP contribution in [0.3, 0.4) is 0 Å². The lowest BCUT2D eigenvalue weighted by atomic mass is 10.1. The van der Waals surface area contributed by atoms with Crippen LogP contribution >= 0.6 is 0 Å². The lowest BCUT2D eigenvalue weighted by Crippen LogP contribution is -2.16. The topological polar surface area (TPSA) is 78.3 Å². The zero-order valence-corrected chi connectivity index (χ0v) is 15.6. The molecule has 0 saturated heterocycles. The Kier molecular flexibility index (Phi) is 5.83. The number of aromatic nitrogens is 3. The van der Waals surface area contributed by atoms with Crippen LogP contribution in [0.5, 0.6) is 5.75 Å². The van der Waals surface area contributed by atoms with Gasteiger partial charge in [0.1, 0.15) is 11.4 Å². The number of methoxy groups -OCH3 is 2. The summed E-state index contributed by atoms with van der Waals surface area (Å²) in [5.74, 6) is 0.409. The lowest BCUT2D eigenvalue weighted by Gasteiger charge is -2.09. The zero-order valence-electron chi connectivity index (χ0n) is 15.6. The lowest BCUT2D eigenvalue weighted by molar-refractivity contribution is 0.101.